The fraction of sp³-hybridized carbons (Fsp3) is 0.182. The summed E-state index contributed by atoms with van der Waals surface area (Å²) in [7, 11) is 1.59. The Morgan fingerprint density at radius 1 is 1.00 bits per heavy atom. The third-order valence-corrected chi connectivity index (χ3v) is 6.84. The summed E-state index contributed by atoms with van der Waals surface area (Å²) < 4.78 is 13.2. The summed E-state index contributed by atoms with van der Waals surface area (Å²) in [6.07, 6.45) is 3.46. The standard InChI is InChI=1S/C33H30N6O4/c1-3-38(30-14-13-27(20-34)32(37-30)43-18-17-42-22-23-7-5-4-6-8-23)33(41)26-15-16-39-29(19-26)28(21-36-39)24-9-11-25(12-10-24)31(40)35-2/h4-16,19,21H,3,17-18,22H2,1-2H3,(H,35,40). The molecule has 0 fully saturated rings. The molecule has 0 aliphatic heterocycles. The van der Waals surface area contributed by atoms with Gasteiger partial charge in [-0.2, -0.15) is 15.3 Å². The molecule has 0 saturated carbocycles. The molecule has 0 bridgehead atoms. The SMILES string of the molecule is CCN(C(=O)c1ccn2ncc(-c3ccc(C(=O)NC)cc3)c2c1)c1ccc(C#N)c(OCCOCc2ccccc2)n1. The quantitative estimate of drug-likeness (QED) is 0.223. The topological polar surface area (TPSA) is 122 Å². The number of hydrogen-bond acceptors (Lipinski definition) is 7. The van der Waals surface area contributed by atoms with Crippen molar-refractivity contribution < 1.29 is 19.1 Å². The van der Waals surface area contributed by atoms with E-state index < -0.39 is 0 Å². The van der Waals surface area contributed by atoms with E-state index in [0.717, 1.165) is 22.2 Å². The van der Waals surface area contributed by atoms with Crippen molar-refractivity contribution in [2.24, 2.45) is 0 Å². The molecule has 3 heterocycles. The highest BCUT2D eigenvalue weighted by atomic mass is 16.5. The highest BCUT2D eigenvalue weighted by Crippen LogP contribution is 2.27. The molecule has 2 aromatic carbocycles. The fourth-order valence-electron chi connectivity index (χ4n) is 4.58. The third-order valence-electron chi connectivity index (χ3n) is 6.84. The van der Waals surface area contributed by atoms with Gasteiger partial charge in [0.05, 0.1) is 24.9 Å². The number of fused-ring (bicyclic) bond motifs is 1. The molecule has 2 amide bonds. The smallest absolute Gasteiger partial charge is 0.259 e. The zero-order chi connectivity index (χ0) is 30.2. The van der Waals surface area contributed by atoms with Crippen LogP contribution in [-0.4, -0.2) is 53.2 Å². The minimum Gasteiger partial charge on any atom is -0.474 e. The van der Waals surface area contributed by atoms with E-state index >= 15 is 0 Å². The number of carbonyl (C=O) groups is 2. The van der Waals surface area contributed by atoms with Crippen LogP contribution in [0.3, 0.4) is 0 Å². The van der Waals surface area contributed by atoms with Gasteiger partial charge in [-0.15, -0.1) is 0 Å². The van der Waals surface area contributed by atoms with Crippen LogP contribution in [0, 0.1) is 11.3 Å². The molecule has 0 aliphatic carbocycles. The fourth-order valence-corrected chi connectivity index (χ4v) is 4.58. The van der Waals surface area contributed by atoms with E-state index in [9.17, 15) is 14.9 Å². The average molecular weight is 575 g/mol. The first-order chi connectivity index (χ1) is 21.0. The van der Waals surface area contributed by atoms with E-state index in [-0.39, 0.29) is 29.9 Å². The van der Waals surface area contributed by atoms with Crippen molar-refractivity contribution in [2.45, 2.75) is 13.5 Å². The molecule has 0 spiro atoms. The van der Waals surface area contributed by atoms with Gasteiger partial charge in [-0.1, -0.05) is 42.5 Å². The molecule has 5 rings (SSSR count). The lowest BCUT2D eigenvalue weighted by atomic mass is 10.0. The number of aromatic nitrogens is 3. The van der Waals surface area contributed by atoms with Crippen molar-refractivity contribution in [3.63, 3.8) is 0 Å². The molecule has 0 atom stereocenters. The minimum absolute atomic E-state index is 0.142. The second-order valence-corrected chi connectivity index (χ2v) is 9.53. The van der Waals surface area contributed by atoms with E-state index in [1.807, 2.05) is 49.4 Å². The minimum atomic E-state index is -0.263. The van der Waals surface area contributed by atoms with Gasteiger partial charge in [-0.25, -0.2) is 4.52 Å². The third kappa shape index (κ3) is 6.53. The first kappa shape index (κ1) is 29.0. The van der Waals surface area contributed by atoms with Gasteiger partial charge in [0.25, 0.3) is 11.8 Å². The van der Waals surface area contributed by atoms with Gasteiger partial charge in [-0.05, 0) is 54.4 Å². The second kappa shape index (κ2) is 13.4. The molecule has 5 aromatic rings. The van der Waals surface area contributed by atoms with Crippen LogP contribution in [0.15, 0.2) is 91.3 Å². The summed E-state index contributed by atoms with van der Waals surface area (Å²) in [4.78, 5) is 31.7. The van der Waals surface area contributed by atoms with E-state index in [1.54, 1.807) is 60.4 Å². The van der Waals surface area contributed by atoms with Gasteiger partial charge in [0, 0.05) is 36.5 Å². The number of benzene rings is 2. The number of pyridine rings is 2. The Hall–Kier alpha value is -5.53. The Labute approximate surface area is 249 Å². The molecule has 43 heavy (non-hydrogen) atoms. The monoisotopic (exact) mass is 574 g/mol. The summed E-state index contributed by atoms with van der Waals surface area (Å²) >= 11 is 0. The molecular weight excluding hydrogens is 544 g/mol. The molecule has 0 unspecified atom stereocenters. The zero-order valence-corrected chi connectivity index (χ0v) is 23.9. The van der Waals surface area contributed by atoms with E-state index in [1.165, 1.54) is 4.90 Å². The lowest BCUT2D eigenvalue weighted by Crippen LogP contribution is -2.31. The number of rotatable bonds is 11. The first-order valence-corrected chi connectivity index (χ1v) is 13.8. The Balaban J connectivity index is 1.33. The van der Waals surface area contributed by atoms with Crippen molar-refractivity contribution in [2.75, 3.05) is 31.7 Å². The second-order valence-electron chi connectivity index (χ2n) is 9.53. The van der Waals surface area contributed by atoms with E-state index in [2.05, 4.69) is 21.5 Å². The van der Waals surface area contributed by atoms with E-state index in [4.69, 9.17) is 9.47 Å². The number of nitrogens with one attached hydrogen (secondary N) is 1. The lowest BCUT2D eigenvalue weighted by molar-refractivity contribution is 0.0873. The van der Waals surface area contributed by atoms with Gasteiger partial charge in [0.2, 0.25) is 5.88 Å². The maximum absolute atomic E-state index is 13.7. The molecule has 10 heteroatoms. The van der Waals surface area contributed by atoms with Crippen LogP contribution in [0.5, 0.6) is 5.88 Å². The van der Waals surface area contributed by atoms with Crippen LogP contribution in [0.25, 0.3) is 16.6 Å². The van der Waals surface area contributed by atoms with Gasteiger partial charge < -0.3 is 14.8 Å². The predicted octanol–water partition coefficient (Wildman–Crippen LogP) is 4.89. The van der Waals surface area contributed by atoms with Gasteiger partial charge >= 0.3 is 0 Å². The Kier molecular flexibility index (Phi) is 9.05. The van der Waals surface area contributed by atoms with Crippen molar-refractivity contribution in [3.05, 3.63) is 114 Å². The van der Waals surface area contributed by atoms with Gasteiger partial charge in [0.15, 0.2) is 0 Å². The number of carbonyl (C=O) groups excluding carboxylic acids is 2. The van der Waals surface area contributed by atoms with Crippen LogP contribution in [-0.2, 0) is 11.3 Å². The maximum atomic E-state index is 13.7. The van der Waals surface area contributed by atoms with E-state index in [0.29, 0.717) is 36.7 Å². The number of amides is 2. The molecule has 10 nitrogen and oxygen atoms in total. The Bertz CT molecular complexity index is 1780. The van der Waals surface area contributed by atoms with Crippen LogP contribution in [0.2, 0.25) is 0 Å². The number of nitrogens with zero attached hydrogens (tertiary/aromatic N) is 5. The first-order valence-electron chi connectivity index (χ1n) is 13.8. The van der Waals surface area contributed by atoms with Crippen molar-refractivity contribution in [1.29, 1.82) is 5.26 Å². The maximum Gasteiger partial charge on any atom is 0.259 e. The molecule has 0 aliphatic rings. The summed E-state index contributed by atoms with van der Waals surface area (Å²) in [5.74, 6) is 0.0789. The molecule has 216 valence electrons. The molecule has 0 radical (unpaired) electrons. The number of ether oxygens (including phenoxy) is 2. The Morgan fingerprint density at radius 3 is 2.51 bits per heavy atom. The van der Waals surface area contributed by atoms with Crippen molar-refractivity contribution >= 4 is 23.1 Å². The van der Waals surface area contributed by atoms with Crippen molar-refractivity contribution in [1.82, 2.24) is 19.9 Å². The summed E-state index contributed by atoms with van der Waals surface area (Å²) in [6.45, 7) is 3.15. The van der Waals surface area contributed by atoms with Crippen molar-refractivity contribution in [3.8, 4) is 23.1 Å². The molecule has 0 saturated heterocycles. The largest absolute Gasteiger partial charge is 0.474 e. The molecule has 1 N–H and O–H groups in total. The summed E-state index contributed by atoms with van der Waals surface area (Å²) in [5, 5.41) is 16.6. The lowest BCUT2D eigenvalue weighted by Gasteiger charge is -2.21. The predicted molar refractivity (Wildman–Crippen MR) is 162 cm³/mol. The van der Waals surface area contributed by atoms with Crippen LogP contribution >= 0.6 is 0 Å². The summed E-state index contributed by atoms with van der Waals surface area (Å²) in [6, 6.07) is 25.8. The molecule has 3 aromatic heterocycles. The highest BCUT2D eigenvalue weighted by molar-refractivity contribution is 6.06. The average Bonchev–Trinajstić information content (AvgIpc) is 3.48. The van der Waals surface area contributed by atoms with Crippen LogP contribution in [0.1, 0.15) is 38.8 Å². The number of anilines is 1. The highest BCUT2D eigenvalue weighted by Gasteiger charge is 2.21. The summed E-state index contributed by atoms with van der Waals surface area (Å²) in [5.41, 5.74) is 4.74. The van der Waals surface area contributed by atoms with Crippen LogP contribution < -0.4 is 15.0 Å². The van der Waals surface area contributed by atoms with Crippen LogP contribution in [0.4, 0.5) is 5.82 Å². The zero-order valence-electron chi connectivity index (χ0n) is 23.9. The number of hydrogen-bond donors (Lipinski definition) is 1. The normalized spacial score (nSPS) is 10.7. The van der Waals surface area contributed by atoms with Gasteiger partial charge in [-0.3, -0.25) is 14.5 Å². The molecular formula is C33H30N6O4. The van der Waals surface area contributed by atoms with Gasteiger partial charge in [0.1, 0.15) is 24.1 Å². The number of nitriles is 1. The Morgan fingerprint density at radius 2 is 1.79 bits per heavy atom.